The van der Waals surface area contributed by atoms with E-state index in [1.165, 1.54) is 0 Å². The molecule has 0 bridgehead atoms. The summed E-state index contributed by atoms with van der Waals surface area (Å²) in [5.74, 6) is 1.45. The highest BCUT2D eigenvalue weighted by molar-refractivity contribution is 5.38. The zero-order valence-electron chi connectivity index (χ0n) is 13.5. The maximum absolute atomic E-state index is 5.86. The van der Waals surface area contributed by atoms with Gasteiger partial charge in [0.2, 0.25) is 5.88 Å². The molecule has 0 aliphatic carbocycles. The highest BCUT2D eigenvalue weighted by atomic mass is 16.5. The maximum Gasteiger partial charge on any atom is 0.234 e. The van der Waals surface area contributed by atoms with Crippen LogP contribution in [0, 0.1) is 5.41 Å². The summed E-state index contributed by atoms with van der Waals surface area (Å²) in [6, 6.07) is 0. The fourth-order valence-corrected chi connectivity index (χ4v) is 3.08. The van der Waals surface area contributed by atoms with Crippen LogP contribution in [0.1, 0.15) is 26.7 Å². The Kier molecular flexibility index (Phi) is 4.78. The van der Waals surface area contributed by atoms with E-state index < -0.39 is 0 Å². The van der Waals surface area contributed by atoms with Gasteiger partial charge < -0.3 is 19.1 Å². The van der Waals surface area contributed by atoms with Gasteiger partial charge in [0.15, 0.2) is 5.82 Å². The van der Waals surface area contributed by atoms with Crippen LogP contribution in [0.3, 0.4) is 0 Å². The summed E-state index contributed by atoms with van der Waals surface area (Å²) < 4.78 is 17.0. The Morgan fingerprint density at radius 2 is 2.00 bits per heavy atom. The molecule has 1 spiro atoms. The van der Waals surface area contributed by atoms with Crippen LogP contribution < -0.4 is 9.64 Å². The third kappa shape index (κ3) is 3.67. The molecule has 0 saturated carbocycles. The molecule has 3 rings (SSSR count). The average molecular weight is 307 g/mol. The van der Waals surface area contributed by atoms with Crippen LogP contribution in [0.2, 0.25) is 0 Å². The molecule has 6 heteroatoms. The van der Waals surface area contributed by atoms with E-state index >= 15 is 0 Å². The molecule has 2 aliphatic rings. The second-order valence-electron chi connectivity index (χ2n) is 6.47. The fraction of sp³-hybridized carbons (Fsp3) is 0.750. The highest BCUT2D eigenvalue weighted by Gasteiger charge is 2.37. The van der Waals surface area contributed by atoms with Crippen LogP contribution in [-0.2, 0) is 9.47 Å². The molecular formula is C16H25N3O3. The van der Waals surface area contributed by atoms with Crippen molar-refractivity contribution >= 4 is 5.82 Å². The third-order valence-electron chi connectivity index (χ3n) is 4.27. The molecule has 0 amide bonds. The molecule has 1 aromatic heterocycles. The molecule has 0 N–H and O–H groups in total. The van der Waals surface area contributed by atoms with Crippen molar-refractivity contribution in [3.05, 3.63) is 12.4 Å². The Hall–Kier alpha value is -1.40. The molecule has 0 unspecified atom stereocenters. The van der Waals surface area contributed by atoms with E-state index in [4.69, 9.17) is 14.2 Å². The molecule has 2 aliphatic heterocycles. The van der Waals surface area contributed by atoms with Crippen molar-refractivity contribution in [1.29, 1.82) is 0 Å². The fourth-order valence-electron chi connectivity index (χ4n) is 3.08. The van der Waals surface area contributed by atoms with Gasteiger partial charge in [-0.15, -0.1) is 0 Å². The van der Waals surface area contributed by atoms with Crippen molar-refractivity contribution in [2.24, 2.45) is 5.41 Å². The van der Waals surface area contributed by atoms with E-state index in [-0.39, 0.29) is 11.5 Å². The summed E-state index contributed by atoms with van der Waals surface area (Å²) >= 11 is 0. The first-order chi connectivity index (χ1) is 10.7. The largest absolute Gasteiger partial charge is 0.474 e. The van der Waals surface area contributed by atoms with Crippen molar-refractivity contribution in [2.75, 3.05) is 44.4 Å². The van der Waals surface area contributed by atoms with Gasteiger partial charge in [-0.2, -0.15) is 4.98 Å². The molecule has 1 aromatic rings. The minimum absolute atomic E-state index is 0.0962. The van der Waals surface area contributed by atoms with Gasteiger partial charge >= 0.3 is 0 Å². The molecular weight excluding hydrogens is 282 g/mol. The molecule has 0 atom stereocenters. The lowest BCUT2D eigenvalue weighted by Crippen LogP contribution is -2.42. The van der Waals surface area contributed by atoms with Gasteiger partial charge in [-0.05, 0) is 26.7 Å². The first kappa shape index (κ1) is 15.5. The van der Waals surface area contributed by atoms with Gasteiger partial charge in [0.1, 0.15) is 0 Å². The Balaban J connectivity index is 1.77. The number of anilines is 1. The van der Waals surface area contributed by atoms with Gasteiger partial charge in [-0.1, -0.05) is 0 Å². The summed E-state index contributed by atoms with van der Waals surface area (Å²) in [6.45, 7) is 8.93. The quantitative estimate of drug-likeness (QED) is 0.850. The maximum atomic E-state index is 5.86. The van der Waals surface area contributed by atoms with Gasteiger partial charge in [0.05, 0.1) is 31.7 Å². The lowest BCUT2D eigenvalue weighted by molar-refractivity contribution is -0.0240. The molecule has 0 aromatic carbocycles. The molecule has 2 saturated heterocycles. The molecule has 2 fully saturated rings. The SMILES string of the molecule is CC(C)Oc1cncc(N2CCOCC3(CCOCC3)C2)n1. The normalized spacial score (nSPS) is 21.9. The summed E-state index contributed by atoms with van der Waals surface area (Å²) in [5, 5.41) is 0. The number of aromatic nitrogens is 2. The van der Waals surface area contributed by atoms with Gasteiger partial charge in [-0.3, -0.25) is 4.98 Å². The van der Waals surface area contributed by atoms with Crippen molar-refractivity contribution in [2.45, 2.75) is 32.8 Å². The summed E-state index contributed by atoms with van der Waals surface area (Å²) in [5.41, 5.74) is 0.172. The van der Waals surface area contributed by atoms with Crippen molar-refractivity contribution in [1.82, 2.24) is 9.97 Å². The predicted molar refractivity (Wildman–Crippen MR) is 83.3 cm³/mol. The highest BCUT2D eigenvalue weighted by Crippen LogP contribution is 2.34. The van der Waals surface area contributed by atoms with Crippen LogP contribution in [0.5, 0.6) is 5.88 Å². The van der Waals surface area contributed by atoms with E-state index in [0.717, 1.165) is 58.2 Å². The molecule has 3 heterocycles. The van der Waals surface area contributed by atoms with Gasteiger partial charge in [0, 0.05) is 31.7 Å². The molecule has 0 radical (unpaired) electrons. The van der Waals surface area contributed by atoms with Crippen LogP contribution in [0.4, 0.5) is 5.82 Å². The number of nitrogens with zero attached hydrogens (tertiary/aromatic N) is 3. The van der Waals surface area contributed by atoms with E-state index in [0.29, 0.717) is 5.88 Å². The number of ether oxygens (including phenoxy) is 3. The standard InChI is InChI=1S/C16H25N3O3/c1-13(2)22-15-10-17-9-14(18-15)19-5-8-21-12-16(11-19)3-6-20-7-4-16/h9-10,13H,3-8,11-12H2,1-2H3. The number of hydrogen-bond acceptors (Lipinski definition) is 6. The van der Waals surface area contributed by atoms with Crippen LogP contribution >= 0.6 is 0 Å². The Labute approximate surface area is 131 Å². The summed E-state index contributed by atoms with van der Waals surface area (Å²) in [4.78, 5) is 11.2. The second kappa shape index (κ2) is 6.79. The molecule has 122 valence electrons. The summed E-state index contributed by atoms with van der Waals surface area (Å²) in [6.07, 6.45) is 5.66. The monoisotopic (exact) mass is 307 g/mol. The summed E-state index contributed by atoms with van der Waals surface area (Å²) in [7, 11) is 0. The second-order valence-corrected chi connectivity index (χ2v) is 6.47. The topological polar surface area (TPSA) is 56.7 Å². The van der Waals surface area contributed by atoms with Crippen molar-refractivity contribution in [3.8, 4) is 5.88 Å². The lowest BCUT2D eigenvalue weighted by Gasteiger charge is -2.38. The van der Waals surface area contributed by atoms with Gasteiger partial charge in [-0.25, -0.2) is 0 Å². The van der Waals surface area contributed by atoms with E-state index in [2.05, 4.69) is 14.9 Å². The lowest BCUT2D eigenvalue weighted by atomic mass is 9.80. The van der Waals surface area contributed by atoms with E-state index in [1.54, 1.807) is 6.20 Å². The first-order valence-electron chi connectivity index (χ1n) is 8.06. The third-order valence-corrected chi connectivity index (χ3v) is 4.27. The first-order valence-corrected chi connectivity index (χ1v) is 8.06. The minimum Gasteiger partial charge on any atom is -0.474 e. The number of hydrogen-bond donors (Lipinski definition) is 0. The molecule has 22 heavy (non-hydrogen) atoms. The predicted octanol–water partition coefficient (Wildman–Crippen LogP) is 1.90. The Morgan fingerprint density at radius 3 is 2.77 bits per heavy atom. The van der Waals surface area contributed by atoms with Crippen LogP contribution in [-0.4, -0.2) is 55.6 Å². The Bertz CT molecular complexity index is 489. The van der Waals surface area contributed by atoms with Gasteiger partial charge in [0.25, 0.3) is 0 Å². The average Bonchev–Trinajstić information content (AvgIpc) is 2.71. The zero-order chi connectivity index (χ0) is 15.4. The smallest absolute Gasteiger partial charge is 0.234 e. The minimum atomic E-state index is 0.0962. The van der Waals surface area contributed by atoms with Crippen LogP contribution in [0.15, 0.2) is 12.4 Å². The number of rotatable bonds is 3. The van der Waals surface area contributed by atoms with Crippen LogP contribution in [0.25, 0.3) is 0 Å². The Morgan fingerprint density at radius 1 is 1.18 bits per heavy atom. The van der Waals surface area contributed by atoms with E-state index in [9.17, 15) is 0 Å². The molecule has 6 nitrogen and oxygen atoms in total. The zero-order valence-corrected chi connectivity index (χ0v) is 13.5. The van der Waals surface area contributed by atoms with Crippen molar-refractivity contribution in [3.63, 3.8) is 0 Å². The van der Waals surface area contributed by atoms with Crippen molar-refractivity contribution < 1.29 is 14.2 Å². The van der Waals surface area contributed by atoms with E-state index in [1.807, 2.05) is 20.0 Å².